The van der Waals surface area contributed by atoms with E-state index in [-0.39, 0.29) is 5.60 Å². The third-order valence-electron chi connectivity index (χ3n) is 2.63. The number of hydrogen-bond donors (Lipinski definition) is 0. The highest BCUT2D eigenvalue weighted by molar-refractivity contribution is 5.36. The third-order valence-corrected chi connectivity index (χ3v) is 2.63. The van der Waals surface area contributed by atoms with Gasteiger partial charge in [0.25, 0.3) is 0 Å². The number of allylic oxidation sites excluding steroid dienone is 3. The van der Waals surface area contributed by atoms with Crippen LogP contribution in [-0.2, 0) is 4.74 Å². The lowest BCUT2D eigenvalue weighted by atomic mass is 9.84. The first-order chi connectivity index (χ1) is 5.62. The highest BCUT2D eigenvalue weighted by Crippen LogP contribution is 2.29. The summed E-state index contributed by atoms with van der Waals surface area (Å²) in [6, 6.07) is 0. The predicted octanol–water partition coefficient (Wildman–Crippen LogP) is 2.71. The first kappa shape index (κ1) is 9.27. The molecule has 2 unspecified atom stereocenters. The van der Waals surface area contributed by atoms with Crippen molar-refractivity contribution in [3.63, 3.8) is 0 Å². The minimum Gasteiger partial charge on any atom is -0.374 e. The molecule has 0 aromatic carbocycles. The molecule has 1 heteroatoms. The van der Waals surface area contributed by atoms with Gasteiger partial charge in [0.1, 0.15) is 0 Å². The second-order valence-electron chi connectivity index (χ2n) is 3.38. The van der Waals surface area contributed by atoms with Gasteiger partial charge in [-0.25, -0.2) is 0 Å². The Kier molecular flexibility index (Phi) is 2.53. The minimum atomic E-state index is -0.146. The third kappa shape index (κ3) is 1.51. The van der Waals surface area contributed by atoms with E-state index in [2.05, 4.69) is 38.7 Å². The quantitative estimate of drug-likeness (QED) is 0.609. The van der Waals surface area contributed by atoms with Gasteiger partial charge < -0.3 is 4.74 Å². The van der Waals surface area contributed by atoms with Crippen molar-refractivity contribution >= 4 is 0 Å². The van der Waals surface area contributed by atoms with Crippen molar-refractivity contribution in [1.82, 2.24) is 0 Å². The molecule has 1 aliphatic rings. The molecule has 0 aromatic rings. The zero-order valence-electron chi connectivity index (χ0n) is 8.00. The van der Waals surface area contributed by atoms with E-state index >= 15 is 0 Å². The lowest BCUT2D eigenvalue weighted by Crippen LogP contribution is -2.33. The zero-order valence-corrected chi connectivity index (χ0v) is 8.00. The molecule has 0 saturated heterocycles. The fourth-order valence-electron chi connectivity index (χ4n) is 1.31. The fraction of sp³-hybridized carbons (Fsp3) is 0.455. The fourth-order valence-corrected chi connectivity index (χ4v) is 1.31. The van der Waals surface area contributed by atoms with Gasteiger partial charge in [0.2, 0.25) is 0 Å². The lowest BCUT2D eigenvalue weighted by molar-refractivity contribution is 0.0179. The molecule has 0 saturated carbocycles. The van der Waals surface area contributed by atoms with Crippen LogP contribution < -0.4 is 0 Å². The molecule has 0 radical (unpaired) electrons. The van der Waals surface area contributed by atoms with E-state index in [9.17, 15) is 0 Å². The summed E-state index contributed by atoms with van der Waals surface area (Å²) in [7, 11) is 1.74. The highest BCUT2D eigenvalue weighted by Gasteiger charge is 2.28. The van der Waals surface area contributed by atoms with Crippen LogP contribution in [0.1, 0.15) is 13.8 Å². The molecule has 66 valence electrons. The van der Waals surface area contributed by atoms with Crippen molar-refractivity contribution in [2.24, 2.45) is 5.92 Å². The first-order valence-electron chi connectivity index (χ1n) is 4.21. The van der Waals surface area contributed by atoms with Crippen LogP contribution in [0.15, 0.2) is 36.5 Å². The summed E-state index contributed by atoms with van der Waals surface area (Å²) < 4.78 is 5.42. The molecule has 0 fully saturated rings. The van der Waals surface area contributed by atoms with Crippen molar-refractivity contribution < 1.29 is 4.74 Å². The maximum atomic E-state index is 5.42. The van der Waals surface area contributed by atoms with Crippen LogP contribution in [0.3, 0.4) is 0 Å². The Morgan fingerprint density at radius 2 is 2.33 bits per heavy atom. The van der Waals surface area contributed by atoms with Gasteiger partial charge >= 0.3 is 0 Å². The topological polar surface area (TPSA) is 9.23 Å². The summed E-state index contributed by atoms with van der Waals surface area (Å²) in [6.45, 7) is 7.97. The van der Waals surface area contributed by atoms with Crippen LogP contribution in [0, 0.1) is 5.92 Å². The van der Waals surface area contributed by atoms with Crippen LogP contribution in [0.2, 0.25) is 0 Å². The SMILES string of the molecule is C=CC1=CC(C)C(C)(OC)C=C1. The summed E-state index contributed by atoms with van der Waals surface area (Å²) in [5, 5.41) is 0. The molecular formula is C11H16O. The second-order valence-corrected chi connectivity index (χ2v) is 3.38. The molecule has 0 heterocycles. The molecule has 1 nitrogen and oxygen atoms in total. The molecule has 2 atom stereocenters. The van der Waals surface area contributed by atoms with Crippen LogP contribution in [0.5, 0.6) is 0 Å². The monoisotopic (exact) mass is 164 g/mol. The number of methoxy groups -OCH3 is 1. The van der Waals surface area contributed by atoms with Gasteiger partial charge in [-0.1, -0.05) is 37.8 Å². The van der Waals surface area contributed by atoms with Gasteiger partial charge in [-0.15, -0.1) is 0 Å². The van der Waals surface area contributed by atoms with E-state index in [4.69, 9.17) is 4.74 Å². The largest absolute Gasteiger partial charge is 0.374 e. The molecular weight excluding hydrogens is 148 g/mol. The Balaban J connectivity index is 2.87. The predicted molar refractivity (Wildman–Crippen MR) is 52.0 cm³/mol. The van der Waals surface area contributed by atoms with Crippen LogP contribution in [-0.4, -0.2) is 12.7 Å². The molecule has 1 rings (SSSR count). The van der Waals surface area contributed by atoms with Crippen molar-refractivity contribution in [2.75, 3.05) is 7.11 Å². The minimum absolute atomic E-state index is 0.146. The molecule has 0 spiro atoms. The summed E-state index contributed by atoms with van der Waals surface area (Å²) in [5.74, 6) is 0.403. The Morgan fingerprint density at radius 1 is 1.67 bits per heavy atom. The molecule has 12 heavy (non-hydrogen) atoms. The van der Waals surface area contributed by atoms with Gasteiger partial charge in [-0.3, -0.25) is 0 Å². The number of ether oxygens (including phenoxy) is 1. The summed E-state index contributed by atoms with van der Waals surface area (Å²) in [4.78, 5) is 0. The maximum absolute atomic E-state index is 5.42. The summed E-state index contributed by atoms with van der Waals surface area (Å²) in [5.41, 5.74) is 1.03. The van der Waals surface area contributed by atoms with E-state index in [0.29, 0.717) is 5.92 Å². The van der Waals surface area contributed by atoms with Crippen molar-refractivity contribution in [3.05, 3.63) is 36.5 Å². The molecule has 0 aliphatic heterocycles. The van der Waals surface area contributed by atoms with Gasteiger partial charge in [0.05, 0.1) is 5.60 Å². The summed E-state index contributed by atoms with van der Waals surface area (Å²) >= 11 is 0. The normalized spacial score (nSPS) is 34.6. The molecule has 1 aliphatic carbocycles. The standard InChI is InChI=1S/C11H16O/c1-5-10-6-7-11(3,12-4)9(2)8-10/h5-9H,1H2,2-4H3. The zero-order chi connectivity index (χ0) is 9.19. The maximum Gasteiger partial charge on any atom is 0.0893 e. The van der Waals surface area contributed by atoms with Gasteiger partial charge in [0.15, 0.2) is 0 Å². The Bertz CT molecular complexity index is 237. The Hall–Kier alpha value is -0.820. The van der Waals surface area contributed by atoms with Crippen molar-refractivity contribution in [3.8, 4) is 0 Å². The van der Waals surface area contributed by atoms with E-state index in [0.717, 1.165) is 0 Å². The average Bonchev–Trinajstić information content (AvgIpc) is 2.10. The summed E-state index contributed by atoms with van der Waals surface area (Å²) in [6.07, 6.45) is 8.18. The molecule has 0 amide bonds. The molecule has 0 N–H and O–H groups in total. The van der Waals surface area contributed by atoms with Gasteiger partial charge in [-0.05, 0) is 12.5 Å². The smallest absolute Gasteiger partial charge is 0.0893 e. The molecule has 0 aromatic heterocycles. The highest BCUT2D eigenvalue weighted by atomic mass is 16.5. The van der Waals surface area contributed by atoms with E-state index < -0.39 is 0 Å². The van der Waals surface area contributed by atoms with Gasteiger partial charge in [0, 0.05) is 13.0 Å². The average molecular weight is 164 g/mol. The van der Waals surface area contributed by atoms with Crippen molar-refractivity contribution in [1.29, 1.82) is 0 Å². The van der Waals surface area contributed by atoms with Crippen LogP contribution in [0.4, 0.5) is 0 Å². The lowest BCUT2D eigenvalue weighted by Gasteiger charge is -2.32. The first-order valence-corrected chi connectivity index (χ1v) is 4.21. The van der Waals surface area contributed by atoms with Gasteiger partial charge in [-0.2, -0.15) is 0 Å². The van der Waals surface area contributed by atoms with E-state index in [1.165, 1.54) is 5.57 Å². The number of hydrogen-bond acceptors (Lipinski definition) is 1. The van der Waals surface area contributed by atoms with E-state index in [1.807, 2.05) is 6.08 Å². The second kappa shape index (κ2) is 3.28. The Labute approximate surface area is 74.4 Å². The van der Waals surface area contributed by atoms with Crippen LogP contribution >= 0.6 is 0 Å². The molecule has 0 bridgehead atoms. The van der Waals surface area contributed by atoms with E-state index in [1.54, 1.807) is 7.11 Å². The number of rotatable bonds is 2. The van der Waals surface area contributed by atoms with Crippen molar-refractivity contribution in [2.45, 2.75) is 19.4 Å². The Morgan fingerprint density at radius 3 is 2.75 bits per heavy atom. The van der Waals surface area contributed by atoms with Crippen LogP contribution in [0.25, 0.3) is 0 Å².